The van der Waals surface area contributed by atoms with Crippen LogP contribution in [0.3, 0.4) is 0 Å². The van der Waals surface area contributed by atoms with Crippen molar-refractivity contribution in [2.45, 2.75) is 18.9 Å². The maximum Gasteiger partial charge on any atom is 0.363 e. The Morgan fingerprint density at radius 2 is 2.44 bits per heavy atom. The third kappa shape index (κ3) is 2.85. The van der Waals surface area contributed by atoms with Crippen molar-refractivity contribution in [1.29, 1.82) is 0 Å². The van der Waals surface area contributed by atoms with Gasteiger partial charge < -0.3 is 15.4 Å². The molecule has 0 radical (unpaired) electrons. The summed E-state index contributed by atoms with van der Waals surface area (Å²) in [5.74, 6) is 2.22. The second kappa shape index (κ2) is 5.16. The van der Waals surface area contributed by atoms with Crippen molar-refractivity contribution in [3.63, 3.8) is 0 Å². The average molecular weight is 239 g/mol. The molecule has 1 unspecified atom stereocenters. The highest BCUT2D eigenvalue weighted by molar-refractivity contribution is 7.99. The maximum atomic E-state index is 10.4. The van der Waals surface area contributed by atoms with Gasteiger partial charge >= 0.3 is 5.82 Å². The molecule has 1 N–H and O–H groups in total. The Morgan fingerprint density at radius 3 is 3.00 bits per heavy atom. The van der Waals surface area contributed by atoms with Crippen LogP contribution in [0, 0.1) is 10.1 Å². The lowest BCUT2D eigenvalue weighted by Gasteiger charge is -2.22. The van der Waals surface area contributed by atoms with E-state index in [4.69, 9.17) is 0 Å². The van der Waals surface area contributed by atoms with E-state index < -0.39 is 4.92 Å². The highest BCUT2D eigenvalue weighted by Crippen LogP contribution is 2.21. The second-order valence-corrected chi connectivity index (χ2v) is 4.87. The van der Waals surface area contributed by atoms with E-state index in [0.717, 1.165) is 17.9 Å². The molecule has 6 heteroatoms. The molecule has 0 amide bonds. The highest BCUT2D eigenvalue weighted by Gasteiger charge is 2.14. The van der Waals surface area contributed by atoms with Crippen molar-refractivity contribution in [3.8, 4) is 0 Å². The van der Waals surface area contributed by atoms with Crippen LogP contribution in [0.2, 0.25) is 0 Å². The van der Waals surface area contributed by atoms with Crippen LogP contribution in [-0.4, -0.2) is 27.5 Å². The van der Waals surface area contributed by atoms with Crippen LogP contribution in [0.5, 0.6) is 0 Å². The minimum atomic E-state index is -0.486. The third-order valence-corrected chi connectivity index (χ3v) is 3.68. The number of aromatic nitrogens is 1. The van der Waals surface area contributed by atoms with Gasteiger partial charge in [0, 0.05) is 17.9 Å². The van der Waals surface area contributed by atoms with Crippen molar-refractivity contribution in [3.05, 3.63) is 28.4 Å². The normalized spacial score (nSPS) is 20.4. The Labute approximate surface area is 97.8 Å². The van der Waals surface area contributed by atoms with Gasteiger partial charge in [-0.2, -0.15) is 11.8 Å². The Morgan fingerprint density at radius 1 is 1.56 bits per heavy atom. The Hall–Kier alpha value is -1.30. The van der Waals surface area contributed by atoms with Crippen LogP contribution in [0.25, 0.3) is 0 Å². The zero-order valence-corrected chi connectivity index (χ0v) is 9.57. The van der Waals surface area contributed by atoms with E-state index in [-0.39, 0.29) is 5.82 Å². The van der Waals surface area contributed by atoms with Crippen LogP contribution in [0.1, 0.15) is 12.8 Å². The molecule has 0 bridgehead atoms. The molecule has 0 aliphatic carbocycles. The first-order chi connectivity index (χ1) is 7.75. The van der Waals surface area contributed by atoms with Crippen molar-refractivity contribution in [1.82, 2.24) is 4.98 Å². The van der Waals surface area contributed by atoms with Crippen LogP contribution >= 0.6 is 11.8 Å². The molecule has 0 aromatic carbocycles. The largest absolute Gasteiger partial charge is 0.378 e. The Balaban J connectivity index is 1.96. The monoisotopic (exact) mass is 239 g/mol. The molecule has 0 spiro atoms. The van der Waals surface area contributed by atoms with E-state index in [1.807, 2.05) is 11.8 Å². The third-order valence-electron chi connectivity index (χ3n) is 2.47. The summed E-state index contributed by atoms with van der Waals surface area (Å²) in [4.78, 5) is 13.7. The first-order valence-electron chi connectivity index (χ1n) is 5.20. The van der Waals surface area contributed by atoms with Gasteiger partial charge in [0.1, 0.15) is 0 Å². The van der Waals surface area contributed by atoms with Crippen LogP contribution in [0.15, 0.2) is 18.3 Å². The molecule has 0 saturated carbocycles. The quantitative estimate of drug-likeness (QED) is 0.647. The summed E-state index contributed by atoms with van der Waals surface area (Å²) in [6, 6.07) is 3.60. The molecule has 1 saturated heterocycles. The van der Waals surface area contributed by atoms with Crippen LogP contribution in [0.4, 0.5) is 11.5 Å². The van der Waals surface area contributed by atoms with Gasteiger partial charge in [0.2, 0.25) is 0 Å². The van der Waals surface area contributed by atoms with Gasteiger partial charge in [0.15, 0.2) is 6.20 Å². The number of thioether (sulfide) groups is 1. The lowest BCUT2D eigenvalue weighted by Crippen LogP contribution is -2.25. The molecule has 1 aliphatic heterocycles. The molecule has 1 fully saturated rings. The van der Waals surface area contributed by atoms with E-state index in [9.17, 15) is 10.1 Å². The van der Waals surface area contributed by atoms with Gasteiger partial charge in [0.25, 0.3) is 0 Å². The summed E-state index contributed by atoms with van der Waals surface area (Å²) in [6.07, 6.45) is 3.91. The fraction of sp³-hybridized carbons (Fsp3) is 0.500. The fourth-order valence-electron chi connectivity index (χ4n) is 1.67. The van der Waals surface area contributed by atoms with Crippen molar-refractivity contribution in [2.24, 2.45) is 0 Å². The average Bonchev–Trinajstić information content (AvgIpc) is 2.31. The fourth-order valence-corrected chi connectivity index (χ4v) is 2.74. The van der Waals surface area contributed by atoms with E-state index in [2.05, 4.69) is 10.3 Å². The zero-order valence-electron chi connectivity index (χ0n) is 8.76. The molecule has 1 aromatic rings. The zero-order chi connectivity index (χ0) is 11.4. The van der Waals surface area contributed by atoms with Crippen molar-refractivity contribution < 1.29 is 4.92 Å². The molecule has 1 aliphatic rings. The second-order valence-electron chi connectivity index (χ2n) is 3.72. The summed E-state index contributed by atoms with van der Waals surface area (Å²) in [7, 11) is 0. The first kappa shape index (κ1) is 11.2. The Kier molecular flexibility index (Phi) is 3.61. The van der Waals surface area contributed by atoms with E-state index >= 15 is 0 Å². The smallest absolute Gasteiger partial charge is 0.363 e. The molecule has 2 heterocycles. The maximum absolute atomic E-state index is 10.4. The summed E-state index contributed by atoms with van der Waals surface area (Å²) < 4.78 is 0. The van der Waals surface area contributed by atoms with Crippen LogP contribution in [-0.2, 0) is 0 Å². The highest BCUT2D eigenvalue weighted by atomic mass is 32.2. The number of anilines is 1. The van der Waals surface area contributed by atoms with Crippen molar-refractivity contribution >= 4 is 23.3 Å². The number of nitro groups is 1. The molecule has 1 aromatic heterocycles. The van der Waals surface area contributed by atoms with Crippen molar-refractivity contribution in [2.75, 3.05) is 16.8 Å². The Bertz CT molecular complexity index is 363. The number of pyridine rings is 1. The van der Waals surface area contributed by atoms with E-state index in [0.29, 0.717) is 6.04 Å². The molecule has 5 nitrogen and oxygen atoms in total. The van der Waals surface area contributed by atoms with Gasteiger partial charge in [-0.3, -0.25) is 0 Å². The SMILES string of the molecule is O=[N+]([O-])c1ccc(NC2CCCSC2)cn1. The van der Waals surface area contributed by atoms with Gasteiger partial charge in [-0.05, 0) is 34.6 Å². The van der Waals surface area contributed by atoms with Gasteiger partial charge in [-0.1, -0.05) is 0 Å². The first-order valence-corrected chi connectivity index (χ1v) is 6.36. The van der Waals surface area contributed by atoms with E-state index in [1.54, 1.807) is 6.07 Å². The lowest BCUT2D eigenvalue weighted by atomic mass is 10.2. The molecule has 16 heavy (non-hydrogen) atoms. The predicted octanol–water partition coefficient (Wildman–Crippen LogP) is 2.30. The van der Waals surface area contributed by atoms with Crippen LogP contribution < -0.4 is 5.32 Å². The standard InChI is InChI=1S/C10H13N3O2S/c14-13(15)10-4-3-8(6-11-10)12-9-2-1-5-16-7-9/h3-4,6,9,12H,1-2,5,7H2. The lowest BCUT2D eigenvalue weighted by molar-refractivity contribution is -0.389. The minimum absolute atomic E-state index is 0.108. The van der Waals surface area contributed by atoms with Gasteiger partial charge in [0.05, 0.1) is 5.69 Å². The summed E-state index contributed by atoms with van der Waals surface area (Å²) in [6.45, 7) is 0. The van der Waals surface area contributed by atoms with E-state index in [1.165, 1.54) is 24.4 Å². The minimum Gasteiger partial charge on any atom is -0.378 e. The summed E-state index contributed by atoms with van der Waals surface area (Å²) >= 11 is 1.94. The molecule has 86 valence electrons. The van der Waals surface area contributed by atoms with Gasteiger partial charge in [-0.15, -0.1) is 0 Å². The summed E-state index contributed by atoms with van der Waals surface area (Å²) in [5, 5.41) is 13.8. The number of hydrogen-bond donors (Lipinski definition) is 1. The number of rotatable bonds is 3. The number of nitrogens with one attached hydrogen (secondary N) is 1. The molecular formula is C10H13N3O2S. The molecule has 1 atom stereocenters. The predicted molar refractivity (Wildman–Crippen MR) is 64.9 cm³/mol. The molecule has 2 rings (SSSR count). The topological polar surface area (TPSA) is 68.1 Å². The number of nitrogens with zero attached hydrogens (tertiary/aromatic N) is 2. The molecular weight excluding hydrogens is 226 g/mol. The van der Waals surface area contributed by atoms with Gasteiger partial charge in [-0.25, -0.2) is 0 Å². The summed E-state index contributed by atoms with van der Waals surface area (Å²) in [5.41, 5.74) is 0.859. The number of hydrogen-bond acceptors (Lipinski definition) is 5.